The van der Waals surface area contributed by atoms with Crippen molar-refractivity contribution in [1.82, 2.24) is 0 Å². The molecule has 1 aromatic carbocycles. The summed E-state index contributed by atoms with van der Waals surface area (Å²) in [6.45, 7) is 1.36. The summed E-state index contributed by atoms with van der Waals surface area (Å²) in [6, 6.07) is 4.89. The van der Waals surface area contributed by atoms with Crippen molar-refractivity contribution < 1.29 is 19.4 Å². The van der Waals surface area contributed by atoms with Crippen molar-refractivity contribution in [3.05, 3.63) is 23.8 Å². The van der Waals surface area contributed by atoms with Gasteiger partial charge in [-0.1, -0.05) is 6.07 Å². The highest BCUT2D eigenvalue weighted by Crippen LogP contribution is 2.49. The predicted molar refractivity (Wildman–Crippen MR) is 68.3 cm³/mol. The Hall–Kier alpha value is -1.75. The molecule has 0 aromatic heterocycles. The minimum absolute atomic E-state index is 0.0937. The highest BCUT2D eigenvalue weighted by molar-refractivity contribution is 5.68. The molecule has 5 nitrogen and oxygen atoms in total. The maximum atomic E-state index is 10.7. The summed E-state index contributed by atoms with van der Waals surface area (Å²) in [5.74, 6) is 0.480. The number of ether oxygens (including phenoxy) is 2. The number of carboxylic acid groups (broad SMARTS) is 1. The van der Waals surface area contributed by atoms with Crippen LogP contribution in [0.25, 0.3) is 0 Å². The molecule has 102 valence electrons. The maximum absolute atomic E-state index is 10.7. The highest BCUT2D eigenvalue weighted by atomic mass is 16.5. The van der Waals surface area contributed by atoms with Gasteiger partial charge in [0.25, 0.3) is 0 Å². The quantitative estimate of drug-likeness (QED) is 0.867. The van der Waals surface area contributed by atoms with E-state index in [9.17, 15) is 4.79 Å². The van der Waals surface area contributed by atoms with Crippen LogP contribution in [0.5, 0.6) is 11.5 Å². The molecule has 1 heterocycles. The topological polar surface area (TPSA) is 81.8 Å². The number of carboxylic acids is 1. The lowest BCUT2D eigenvalue weighted by Crippen LogP contribution is -2.17. The fourth-order valence-electron chi connectivity index (χ4n) is 2.26. The Morgan fingerprint density at radius 3 is 2.63 bits per heavy atom. The summed E-state index contributed by atoms with van der Waals surface area (Å²) in [6.07, 6.45) is 2.20. The lowest BCUT2D eigenvalue weighted by Gasteiger charge is -2.13. The van der Waals surface area contributed by atoms with Gasteiger partial charge in [-0.25, -0.2) is 0 Å². The molecule has 19 heavy (non-hydrogen) atoms. The van der Waals surface area contributed by atoms with Crippen molar-refractivity contribution >= 4 is 5.97 Å². The molecule has 1 atom stereocenters. The Labute approximate surface area is 111 Å². The molecule has 1 aliphatic heterocycles. The molecule has 0 radical (unpaired) electrons. The molecule has 3 N–H and O–H groups in total. The summed E-state index contributed by atoms with van der Waals surface area (Å²) in [7, 11) is 0. The standard InChI is InChI=1S/C14H17NO4/c15-10(6-13(16)17)9-1-2-11-12(5-9)19-8-14(3-4-14)7-18-11/h1-2,5,10H,3-4,6-8,15H2,(H,16,17). The van der Waals surface area contributed by atoms with Crippen LogP contribution in [0.1, 0.15) is 30.9 Å². The molecule has 1 saturated carbocycles. The molecule has 1 spiro atoms. The van der Waals surface area contributed by atoms with E-state index in [4.69, 9.17) is 20.3 Å². The van der Waals surface area contributed by atoms with E-state index in [-0.39, 0.29) is 11.8 Å². The minimum atomic E-state index is -0.906. The number of fused-ring (bicyclic) bond motifs is 1. The maximum Gasteiger partial charge on any atom is 0.305 e. The van der Waals surface area contributed by atoms with E-state index < -0.39 is 12.0 Å². The van der Waals surface area contributed by atoms with Gasteiger partial charge in [0.2, 0.25) is 0 Å². The van der Waals surface area contributed by atoms with Crippen LogP contribution in [0.15, 0.2) is 18.2 Å². The smallest absolute Gasteiger partial charge is 0.305 e. The second-order valence-corrected chi connectivity index (χ2v) is 5.49. The zero-order valence-electron chi connectivity index (χ0n) is 10.6. The summed E-state index contributed by atoms with van der Waals surface area (Å²) < 4.78 is 11.6. The molecule has 1 fully saturated rings. The van der Waals surface area contributed by atoms with Crippen molar-refractivity contribution in [2.75, 3.05) is 13.2 Å². The minimum Gasteiger partial charge on any atom is -0.489 e. The van der Waals surface area contributed by atoms with Crippen LogP contribution in [-0.4, -0.2) is 24.3 Å². The zero-order chi connectivity index (χ0) is 13.5. The zero-order valence-corrected chi connectivity index (χ0v) is 10.6. The van der Waals surface area contributed by atoms with Crippen LogP contribution in [0.4, 0.5) is 0 Å². The Bertz CT molecular complexity index is 510. The molecular weight excluding hydrogens is 246 g/mol. The molecule has 1 unspecified atom stereocenters. The van der Waals surface area contributed by atoms with E-state index in [0.717, 1.165) is 24.2 Å². The SMILES string of the molecule is NC(CC(=O)O)c1ccc2c(c1)OCC1(CC1)CO2. The number of hydrogen-bond acceptors (Lipinski definition) is 4. The molecule has 5 heteroatoms. The first kappa shape index (κ1) is 12.3. The fraction of sp³-hybridized carbons (Fsp3) is 0.500. The third-order valence-corrected chi connectivity index (χ3v) is 3.82. The van der Waals surface area contributed by atoms with Gasteiger partial charge >= 0.3 is 5.97 Å². The van der Waals surface area contributed by atoms with Crippen molar-refractivity contribution in [2.24, 2.45) is 11.1 Å². The van der Waals surface area contributed by atoms with Crippen LogP contribution >= 0.6 is 0 Å². The van der Waals surface area contributed by atoms with Gasteiger partial charge in [-0.2, -0.15) is 0 Å². The van der Waals surface area contributed by atoms with Crippen LogP contribution in [0.2, 0.25) is 0 Å². The molecule has 0 amide bonds. The average molecular weight is 263 g/mol. The van der Waals surface area contributed by atoms with Crippen molar-refractivity contribution in [1.29, 1.82) is 0 Å². The summed E-state index contributed by atoms with van der Waals surface area (Å²) in [5.41, 5.74) is 6.81. The van der Waals surface area contributed by atoms with E-state index in [1.807, 2.05) is 6.07 Å². The first-order valence-corrected chi connectivity index (χ1v) is 6.45. The third kappa shape index (κ3) is 2.51. The molecule has 1 aromatic rings. The first-order chi connectivity index (χ1) is 9.08. The molecular formula is C14H17NO4. The van der Waals surface area contributed by atoms with E-state index in [0.29, 0.717) is 19.0 Å². The first-order valence-electron chi connectivity index (χ1n) is 6.45. The van der Waals surface area contributed by atoms with Gasteiger partial charge in [0, 0.05) is 11.5 Å². The van der Waals surface area contributed by atoms with Crippen molar-refractivity contribution in [3.63, 3.8) is 0 Å². The van der Waals surface area contributed by atoms with Gasteiger partial charge in [0.1, 0.15) is 0 Å². The Balaban J connectivity index is 1.79. The van der Waals surface area contributed by atoms with Crippen LogP contribution in [0, 0.1) is 5.41 Å². The average Bonchev–Trinajstić information content (AvgIpc) is 3.16. The van der Waals surface area contributed by atoms with E-state index >= 15 is 0 Å². The van der Waals surface area contributed by atoms with Gasteiger partial charge in [0.05, 0.1) is 19.6 Å². The molecule has 2 aliphatic rings. The van der Waals surface area contributed by atoms with Gasteiger partial charge in [-0.3, -0.25) is 4.79 Å². The lowest BCUT2D eigenvalue weighted by atomic mass is 10.0. The largest absolute Gasteiger partial charge is 0.489 e. The van der Waals surface area contributed by atoms with Crippen LogP contribution < -0.4 is 15.2 Å². The lowest BCUT2D eigenvalue weighted by molar-refractivity contribution is -0.137. The Morgan fingerprint density at radius 1 is 1.32 bits per heavy atom. The van der Waals surface area contributed by atoms with Gasteiger partial charge < -0.3 is 20.3 Å². The summed E-state index contributed by atoms with van der Waals surface area (Å²) in [5, 5.41) is 8.77. The Morgan fingerprint density at radius 2 is 2.00 bits per heavy atom. The van der Waals surface area contributed by atoms with Crippen molar-refractivity contribution in [3.8, 4) is 11.5 Å². The second kappa shape index (κ2) is 4.42. The third-order valence-electron chi connectivity index (χ3n) is 3.82. The van der Waals surface area contributed by atoms with Gasteiger partial charge in [-0.15, -0.1) is 0 Å². The fourth-order valence-corrected chi connectivity index (χ4v) is 2.26. The number of benzene rings is 1. The van der Waals surface area contributed by atoms with Crippen LogP contribution in [-0.2, 0) is 4.79 Å². The van der Waals surface area contributed by atoms with E-state index in [1.54, 1.807) is 12.1 Å². The molecule has 0 bridgehead atoms. The number of rotatable bonds is 3. The predicted octanol–water partition coefficient (Wildman–Crippen LogP) is 1.71. The Kier molecular flexibility index (Phi) is 2.86. The second-order valence-electron chi connectivity index (χ2n) is 5.49. The van der Waals surface area contributed by atoms with E-state index in [2.05, 4.69) is 0 Å². The van der Waals surface area contributed by atoms with E-state index in [1.165, 1.54) is 0 Å². The number of hydrogen-bond donors (Lipinski definition) is 2. The van der Waals surface area contributed by atoms with Crippen LogP contribution in [0.3, 0.4) is 0 Å². The van der Waals surface area contributed by atoms with Crippen molar-refractivity contribution in [2.45, 2.75) is 25.3 Å². The molecule has 1 aliphatic carbocycles. The highest BCUT2D eigenvalue weighted by Gasteiger charge is 2.46. The summed E-state index contributed by atoms with van der Waals surface area (Å²) >= 11 is 0. The number of nitrogens with two attached hydrogens (primary N) is 1. The number of carbonyl (C=O) groups is 1. The number of aliphatic carboxylic acids is 1. The normalized spacial score (nSPS) is 20.7. The summed E-state index contributed by atoms with van der Waals surface area (Å²) in [4.78, 5) is 10.7. The molecule has 3 rings (SSSR count). The molecule has 0 saturated heterocycles. The van der Waals surface area contributed by atoms with Gasteiger partial charge in [0.15, 0.2) is 11.5 Å². The van der Waals surface area contributed by atoms with Gasteiger partial charge in [-0.05, 0) is 30.5 Å². The monoisotopic (exact) mass is 263 g/mol.